The van der Waals surface area contributed by atoms with E-state index in [1.165, 1.54) is 11.3 Å². The Morgan fingerprint density at radius 3 is 2.75 bits per heavy atom. The molecule has 92 valence electrons. The van der Waals surface area contributed by atoms with Gasteiger partial charge in [-0.2, -0.15) is 11.8 Å². The first-order valence-corrected chi connectivity index (χ1v) is 7.46. The summed E-state index contributed by atoms with van der Waals surface area (Å²) in [5.74, 6) is 1.82. The number of thioether (sulfide) groups is 1. The molecule has 1 heterocycles. The molecule has 16 heavy (non-hydrogen) atoms. The molecule has 0 saturated carbocycles. The second-order valence-corrected chi connectivity index (χ2v) is 5.44. The largest absolute Gasteiger partial charge is 0.353 e. The average molecular weight is 240 g/mol. The van der Waals surface area contributed by atoms with E-state index in [-0.39, 0.29) is 0 Å². The number of hydrogen-bond acceptors (Lipinski definition) is 2. The zero-order valence-corrected chi connectivity index (χ0v) is 11.7. The van der Waals surface area contributed by atoms with E-state index in [4.69, 9.17) is 0 Å². The Morgan fingerprint density at radius 1 is 1.44 bits per heavy atom. The first-order valence-electron chi connectivity index (χ1n) is 6.07. The van der Waals surface area contributed by atoms with E-state index in [0.29, 0.717) is 12.0 Å². The molecular weight excluding hydrogens is 216 g/mol. The van der Waals surface area contributed by atoms with Crippen LogP contribution in [0.3, 0.4) is 0 Å². The van der Waals surface area contributed by atoms with Gasteiger partial charge in [-0.25, -0.2) is 0 Å². The maximum absolute atomic E-state index is 3.55. The summed E-state index contributed by atoms with van der Waals surface area (Å²) in [4.78, 5) is 0. The maximum atomic E-state index is 3.55. The van der Waals surface area contributed by atoms with Gasteiger partial charge in [-0.3, -0.25) is 0 Å². The van der Waals surface area contributed by atoms with Crippen LogP contribution in [0.1, 0.15) is 32.4 Å². The molecule has 0 amide bonds. The average Bonchev–Trinajstić information content (AvgIpc) is 2.70. The Morgan fingerprint density at radius 2 is 2.19 bits per heavy atom. The second-order valence-electron chi connectivity index (χ2n) is 4.45. The van der Waals surface area contributed by atoms with E-state index in [1.54, 1.807) is 0 Å². The lowest BCUT2D eigenvalue weighted by Gasteiger charge is -2.20. The predicted molar refractivity (Wildman–Crippen MR) is 74.1 cm³/mol. The summed E-state index contributed by atoms with van der Waals surface area (Å²) < 4.78 is 2.29. The first kappa shape index (κ1) is 13.7. The molecule has 3 heteroatoms. The molecule has 0 saturated heterocycles. The molecule has 0 aromatic carbocycles. The molecule has 0 aliphatic rings. The van der Waals surface area contributed by atoms with Gasteiger partial charge in [0.25, 0.3) is 0 Å². The highest BCUT2D eigenvalue weighted by atomic mass is 32.2. The van der Waals surface area contributed by atoms with Crippen LogP contribution in [0.2, 0.25) is 0 Å². The molecule has 0 bridgehead atoms. The molecule has 1 rings (SSSR count). The third-order valence-electron chi connectivity index (χ3n) is 2.78. The minimum Gasteiger partial charge on any atom is -0.353 e. The van der Waals surface area contributed by atoms with Gasteiger partial charge in [0.05, 0.1) is 0 Å². The molecule has 1 N–H and O–H groups in total. The first-order chi connectivity index (χ1) is 7.69. The normalized spacial score (nSPS) is 13.3. The molecule has 1 unspecified atom stereocenters. The summed E-state index contributed by atoms with van der Waals surface area (Å²) in [6.45, 7) is 8.84. The van der Waals surface area contributed by atoms with Crippen molar-refractivity contribution in [1.29, 1.82) is 0 Å². The van der Waals surface area contributed by atoms with Crippen molar-refractivity contribution in [2.45, 2.75) is 33.4 Å². The van der Waals surface area contributed by atoms with Crippen molar-refractivity contribution in [1.82, 2.24) is 9.88 Å². The molecule has 0 spiro atoms. The Bertz CT molecular complexity index is 294. The van der Waals surface area contributed by atoms with Crippen molar-refractivity contribution in [3.63, 3.8) is 0 Å². The Kier molecular flexibility index (Phi) is 5.99. The lowest BCUT2D eigenvalue weighted by atomic mass is 9.98. The Balaban J connectivity index is 2.65. The molecule has 0 fully saturated rings. The highest BCUT2D eigenvalue weighted by Gasteiger charge is 2.15. The van der Waals surface area contributed by atoms with Crippen LogP contribution < -0.4 is 5.32 Å². The van der Waals surface area contributed by atoms with Crippen molar-refractivity contribution < 1.29 is 0 Å². The third-order valence-corrected chi connectivity index (χ3v) is 3.37. The van der Waals surface area contributed by atoms with Gasteiger partial charge < -0.3 is 9.88 Å². The lowest BCUT2D eigenvalue weighted by Crippen LogP contribution is -2.25. The smallest absolute Gasteiger partial charge is 0.0358 e. The molecule has 0 aliphatic carbocycles. The van der Waals surface area contributed by atoms with Crippen LogP contribution in [0.4, 0.5) is 0 Å². The summed E-state index contributed by atoms with van der Waals surface area (Å²) in [5, 5.41) is 3.55. The topological polar surface area (TPSA) is 17.0 Å². The van der Waals surface area contributed by atoms with Gasteiger partial charge in [-0.05, 0) is 30.3 Å². The van der Waals surface area contributed by atoms with Gasteiger partial charge in [0, 0.05) is 30.7 Å². The monoisotopic (exact) mass is 240 g/mol. The van der Waals surface area contributed by atoms with E-state index < -0.39 is 0 Å². The number of rotatable bonds is 7. The number of aromatic nitrogens is 1. The fourth-order valence-electron chi connectivity index (χ4n) is 1.94. The zero-order valence-electron chi connectivity index (χ0n) is 10.9. The maximum Gasteiger partial charge on any atom is 0.0358 e. The van der Waals surface area contributed by atoms with Crippen LogP contribution in [0.5, 0.6) is 0 Å². The highest BCUT2D eigenvalue weighted by molar-refractivity contribution is 7.98. The van der Waals surface area contributed by atoms with E-state index in [9.17, 15) is 0 Å². The number of nitrogens with one attached hydrogen (secondary N) is 1. The molecule has 0 aliphatic heterocycles. The molecule has 2 nitrogen and oxygen atoms in total. The minimum absolute atomic E-state index is 0.487. The molecule has 0 radical (unpaired) electrons. The van der Waals surface area contributed by atoms with Crippen molar-refractivity contribution in [2.24, 2.45) is 5.92 Å². The predicted octanol–water partition coefficient (Wildman–Crippen LogP) is 3.16. The standard InChI is InChI=1S/C13H24N2S/c1-5-14-13(11(2)3)12-6-7-15(10-12)8-9-16-4/h6-7,10-11,13-14H,5,8-9H2,1-4H3. The van der Waals surface area contributed by atoms with Gasteiger partial charge in [0.1, 0.15) is 0 Å². The van der Waals surface area contributed by atoms with Crippen molar-refractivity contribution in [3.05, 3.63) is 24.0 Å². The van der Waals surface area contributed by atoms with Crippen molar-refractivity contribution in [2.75, 3.05) is 18.6 Å². The summed E-state index contributed by atoms with van der Waals surface area (Å²) in [6.07, 6.45) is 6.63. The second kappa shape index (κ2) is 7.02. The van der Waals surface area contributed by atoms with Crippen LogP contribution in [0.15, 0.2) is 18.5 Å². The van der Waals surface area contributed by atoms with Crippen molar-refractivity contribution in [3.8, 4) is 0 Å². The van der Waals surface area contributed by atoms with E-state index in [2.05, 4.69) is 55.4 Å². The number of nitrogens with zero attached hydrogens (tertiary/aromatic N) is 1. The van der Waals surface area contributed by atoms with Crippen LogP contribution >= 0.6 is 11.8 Å². The lowest BCUT2D eigenvalue weighted by molar-refractivity contribution is 0.421. The number of hydrogen-bond donors (Lipinski definition) is 1. The van der Waals surface area contributed by atoms with E-state index in [1.807, 2.05) is 11.8 Å². The van der Waals surface area contributed by atoms with Crippen LogP contribution in [-0.4, -0.2) is 23.1 Å². The van der Waals surface area contributed by atoms with E-state index >= 15 is 0 Å². The SMILES string of the molecule is CCNC(c1ccn(CCSC)c1)C(C)C. The van der Waals surface area contributed by atoms with Gasteiger partial charge in [0.2, 0.25) is 0 Å². The van der Waals surface area contributed by atoms with Gasteiger partial charge >= 0.3 is 0 Å². The van der Waals surface area contributed by atoms with Crippen molar-refractivity contribution >= 4 is 11.8 Å². The Hall–Kier alpha value is -0.410. The van der Waals surface area contributed by atoms with Gasteiger partial charge in [-0.15, -0.1) is 0 Å². The molecular formula is C13H24N2S. The molecule has 1 aromatic heterocycles. The van der Waals surface area contributed by atoms with Gasteiger partial charge in [0.15, 0.2) is 0 Å². The molecule has 1 atom stereocenters. The van der Waals surface area contributed by atoms with Crippen LogP contribution in [0.25, 0.3) is 0 Å². The van der Waals surface area contributed by atoms with Crippen LogP contribution in [0, 0.1) is 5.92 Å². The van der Waals surface area contributed by atoms with Gasteiger partial charge in [-0.1, -0.05) is 20.8 Å². The highest BCUT2D eigenvalue weighted by Crippen LogP contribution is 2.21. The van der Waals surface area contributed by atoms with Crippen LogP contribution in [-0.2, 0) is 6.54 Å². The molecule has 1 aromatic rings. The number of aryl methyl sites for hydroxylation is 1. The zero-order chi connectivity index (χ0) is 12.0. The summed E-state index contributed by atoms with van der Waals surface area (Å²) in [5.41, 5.74) is 1.41. The Labute approximate surface area is 104 Å². The summed E-state index contributed by atoms with van der Waals surface area (Å²) in [7, 11) is 0. The summed E-state index contributed by atoms with van der Waals surface area (Å²) >= 11 is 1.89. The third kappa shape index (κ3) is 3.87. The van der Waals surface area contributed by atoms with E-state index in [0.717, 1.165) is 13.1 Å². The quantitative estimate of drug-likeness (QED) is 0.788. The fraction of sp³-hybridized carbons (Fsp3) is 0.692. The summed E-state index contributed by atoms with van der Waals surface area (Å²) in [6, 6.07) is 2.73. The fourth-order valence-corrected chi connectivity index (χ4v) is 2.33. The minimum atomic E-state index is 0.487.